The molecule has 0 bridgehead atoms. The van der Waals surface area contributed by atoms with Gasteiger partial charge in [-0.1, -0.05) is 12.8 Å². The lowest BCUT2D eigenvalue weighted by atomic mass is 9.78. The van der Waals surface area contributed by atoms with E-state index in [0.717, 1.165) is 18.9 Å². The Kier molecular flexibility index (Phi) is 2.94. The maximum absolute atomic E-state index is 11.5. The number of piperidine rings is 1. The zero-order valence-electron chi connectivity index (χ0n) is 8.87. The number of ether oxygens (including phenoxy) is 1. The van der Waals surface area contributed by atoms with Crippen molar-refractivity contribution in [1.29, 1.82) is 0 Å². The molecule has 2 aliphatic rings. The molecule has 80 valence electrons. The summed E-state index contributed by atoms with van der Waals surface area (Å²) in [6.45, 7) is 0.897. The molecule has 1 saturated heterocycles. The minimum absolute atomic E-state index is 0.124. The molecule has 0 aromatic heterocycles. The van der Waals surface area contributed by atoms with Crippen molar-refractivity contribution >= 4 is 6.09 Å². The number of methoxy groups -OCH3 is 1. The molecule has 0 aromatic carbocycles. The van der Waals surface area contributed by atoms with Crippen molar-refractivity contribution in [2.24, 2.45) is 5.92 Å². The fraction of sp³-hybridized carbons (Fsp3) is 0.909. The third kappa shape index (κ3) is 1.72. The molecule has 2 rings (SSSR count). The third-order valence-corrected chi connectivity index (χ3v) is 3.65. The highest BCUT2D eigenvalue weighted by Gasteiger charge is 2.35. The maximum Gasteiger partial charge on any atom is 0.409 e. The summed E-state index contributed by atoms with van der Waals surface area (Å²) in [5.41, 5.74) is 0. The van der Waals surface area contributed by atoms with Crippen LogP contribution in [0, 0.1) is 5.92 Å². The Balaban J connectivity index is 2.04. The smallest absolute Gasteiger partial charge is 0.409 e. The van der Waals surface area contributed by atoms with E-state index in [2.05, 4.69) is 0 Å². The van der Waals surface area contributed by atoms with Gasteiger partial charge in [0.15, 0.2) is 0 Å². The Morgan fingerprint density at radius 3 is 2.71 bits per heavy atom. The molecule has 3 nitrogen and oxygen atoms in total. The number of hydrogen-bond acceptors (Lipinski definition) is 2. The van der Waals surface area contributed by atoms with E-state index in [4.69, 9.17) is 4.74 Å². The van der Waals surface area contributed by atoms with E-state index in [1.807, 2.05) is 4.90 Å². The number of hydrogen-bond donors (Lipinski definition) is 0. The third-order valence-electron chi connectivity index (χ3n) is 3.65. The van der Waals surface area contributed by atoms with Gasteiger partial charge in [0.25, 0.3) is 0 Å². The summed E-state index contributed by atoms with van der Waals surface area (Å²) in [7, 11) is 1.48. The molecule has 3 heteroatoms. The molecule has 0 N–H and O–H groups in total. The van der Waals surface area contributed by atoms with E-state index >= 15 is 0 Å². The van der Waals surface area contributed by atoms with Crippen LogP contribution < -0.4 is 0 Å². The summed E-state index contributed by atoms with van der Waals surface area (Å²) in [4.78, 5) is 13.5. The van der Waals surface area contributed by atoms with Gasteiger partial charge in [0, 0.05) is 12.6 Å². The van der Waals surface area contributed by atoms with Crippen molar-refractivity contribution in [2.75, 3.05) is 13.7 Å². The molecule has 0 spiro atoms. The summed E-state index contributed by atoms with van der Waals surface area (Å²) < 4.78 is 4.83. The van der Waals surface area contributed by atoms with Crippen LogP contribution >= 0.6 is 0 Å². The number of rotatable bonds is 0. The van der Waals surface area contributed by atoms with E-state index in [1.165, 1.54) is 39.2 Å². The van der Waals surface area contributed by atoms with Crippen LogP contribution in [0.15, 0.2) is 0 Å². The Hall–Kier alpha value is -0.730. The molecule has 14 heavy (non-hydrogen) atoms. The van der Waals surface area contributed by atoms with E-state index < -0.39 is 0 Å². The van der Waals surface area contributed by atoms with Gasteiger partial charge in [-0.3, -0.25) is 0 Å². The average Bonchev–Trinajstić information content (AvgIpc) is 2.27. The van der Waals surface area contributed by atoms with E-state index in [-0.39, 0.29) is 6.09 Å². The van der Waals surface area contributed by atoms with Crippen molar-refractivity contribution in [2.45, 2.75) is 44.6 Å². The fourth-order valence-corrected chi connectivity index (χ4v) is 2.97. The second-order valence-corrected chi connectivity index (χ2v) is 4.42. The van der Waals surface area contributed by atoms with Gasteiger partial charge in [-0.05, 0) is 31.6 Å². The predicted octanol–water partition coefficient (Wildman–Crippen LogP) is 2.41. The normalized spacial score (nSPS) is 32.2. The van der Waals surface area contributed by atoms with Gasteiger partial charge in [-0.2, -0.15) is 0 Å². The highest BCUT2D eigenvalue weighted by Crippen LogP contribution is 2.35. The summed E-state index contributed by atoms with van der Waals surface area (Å²) >= 11 is 0. The molecule has 1 aliphatic heterocycles. The van der Waals surface area contributed by atoms with Crippen LogP contribution in [0.1, 0.15) is 38.5 Å². The van der Waals surface area contributed by atoms with Crippen LogP contribution in [0.25, 0.3) is 0 Å². The first-order chi connectivity index (χ1) is 6.83. The predicted molar refractivity (Wildman–Crippen MR) is 54.1 cm³/mol. The molecule has 2 unspecified atom stereocenters. The van der Waals surface area contributed by atoms with Gasteiger partial charge in [-0.25, -0.2) is 4.79 Å². The fourth-order valence-electron chi connectivity index (χ4n) is 2.97. The molecule has 1 heterocycles. The number of nitrogens with zero attached hydrogens (tertiary/aromatic N) is 1. The van der Waals surface area contributed by atoms with Crippen molar-refractivity contribution < 1.29 is 9.53 Å². The number of carbonyl (C=O) groups is 1. The number of fused-ring (bicyclic) bond motifs is 1. The van der Waals surface area contributed by atoms with Gasteiger partial charge in [0.1, 0.15) is 0 Å². The van der Waals surface area contributed by atoms with Crippen LogP contribution in [-0.2, 0) is 4.74 Å². The Morgan fingerprint density at radius 2 is 1.93 bits per heavy atom. The first-order valence-electron chi connectivity index (χ1n) is 5.67. The molecule has 0 aromatic rings. The Bertz CT molecular complexity index is 215. The lowest BCUT2D eigenvalue weighted by Crippen LogP contribution is -2.49. The van der Waals surface area contributed by atoms with Crippen LogP contribution in [0.5, 0.6) is 0 Å². The van der Waals surface area contributed by atoms with Crippen molar-refractivity contribution in [3.8, 4) is 0 Å². The first-order valence-corrected chi connectivity index (χ1v) is 5.67. The quantitative estimate of drug-likeness (QED) is 0.597. The monoisotopic (exact) mass is 197 g/mol. The minimum Gasteiger partial charge on any atom is -0.453 e. The van der Waals surface area contributed by atoms with Gasteiger partial charge in [0.05, 0.1) is 7.11 Å². The molecular formula is C11H19NO2. The SMILES string of the molecule is COC(=O)N1CCCC2CCCCC21. The van der Waals surface area contributed by atoms with E-state index in [0.29, 0.717) is 6.04 Å². The van der Waals surface area contributed by atoms with E-state index in [1.54, 1.807) is 0 Å². The first kappa shape index (κ1) is 9.81. The van der Waals surface area contributed by atoms with Crippen LogP contribution in [0.3, 0.4) is 0 Å². The van der Waals surface area contributed by atoms with Crippen molar-refractivity contribution in [1.82, 2.24) is 4.90 Å². The summed E-state index contributed by atoms with van der Waals surface area (Å²) in [6, 6.07) is 0.477. The standard InChI is InChI=1S/C11H19NO2/c1-14-11(13)12-8-4-6-9-5-2-3-7-10(9)12/h9-10H,2-8H2,1H3. The molecule has 0 radical (unpaired) electrons. The zero-order chi connectivity index (χ0) is 9.97. The number of amides is 1. The molecular weight excluding hydrogens is 178 g/mol. The topological polar surface area (TPSA) is 29.5 Å². The minimum atomic E-state index is -0.124. The lowest BCUT2D eigenvalue weighted by Gasteiger charge is -2.43. The van der Waals surface area contributed by atoms with Crippen LogP contribution in [-0.4, -0.2) is 30.7 Å². The summed E-state index contributed by atoms with van der Waals surface area (Å²) in [5.74, 6) is 0.747. The summed E-state index contributed by atoms with van der Waals surface area (Å²) in [5, 5.41) is 0. The highest BCUT2D eigenvalue weighted by molar-refractivity contribution is 5.68. The van der Waals surface area contributed by atoms with Crippen molar-refractivity contribution in [3.05, 3.63) is 0 Å². The van der Waals surface area contributed by atoms with Gasteiger partial charge < -0.3 is 9.64 Å². The second kappa shape index (κ2) is 4.20. The highest BCUT2D eigenvalue weighted by atomic mass is 16.5. The van der Waals surface area contributed by atoms with Crippen molar-refractivity contribution in [3.63, 3.8) is 0 Å². The van der Waals surface area contributed by atoms with Crippen LogP contribution in [0.4, 0.5) is 4.79 Å². The molecule has 2 fully saturated rings. The molecule has 1 aliphatic carbocycles. The van der Waals surface area contributed by atoms with Gasteiger partial charge in [-0.15, -0.1) is 0 Å². The average molecular weight is 197 g/mol. The second-order valence-electron chi connectivity index (χ2n) is 4.42. The lowest BCUT2D eigenvalue weighted by molar-refractivity contribution is 0.0476. The molecule has 2 atom stereocenters. The molecule has 1 saturated carbocycles. The zero-order valence-corrected chi connectivity index (χ0v) is 8.87. The largest absolute Gasteiger partial charge is 0.453 e. The van der Waals surface area contributed by atoms with Gasteiger partial charge in [0.2, 0.25) is 0 Å². The summed E-state index contributed by atoms with van der Waals surface area (Å²) in [6.07, 6.45) is 7.43. The van der Waals surface area contributed by atoms with Crippen LogP contribution in [0.2, 0.25) is 0 Å². The maximum atomic E-state index is 11.5. The molecule has 1 amide bonds. The number of likely N-dealkylation sites (tertiary alicyclic amines) is 1. The number of carbonyl (C=O) groups excluding carboxylic acids is 1. The Morgan fingerprint density at radius 1 is 1.21 bits per heavy atom. The van der Waals surface area contributed by atoms with E-state index in [9.17, 15) is 4.79 Å². The Labute approximate surface area is 85.4 Å². The van der Waals surface area contributed by atoms with Gasteiger partial charge >= 0.3 is 6.09 Å².